The third-order valence-electron chi connectivity index (χ3n) is 2.06. The first kappa shape index (κ1) is 9.77. The third kappa shape index (κ3) is 2.62. The first-order chi connectivity index (χ1) is 5.50. The number of hydrogen-bond acceptors (Lipinski definition) is 1. The maximum Gasteiger partial charge on any atom is 0.419 e. The number of halogens is 4. The van der Waals surface area contributed by atoms with Crippen molar-refractivity contribution in [3.8, 4) is 0 Å². The lowest BCUT2D eigenvalue weighted by Gasteiger charge is -2.15. The Bertz CT molecular complexity index is 139. The molecule has 0 bridgehead atoms. The van der Waals surface area contributed by atoms with E-state index in [-0.39, 0.29) is 5.92 Å². The van der Waals surface area contributed by atoms with Crippen molar-refractivity contribution in [1.82, 2.24) is 5.32 Å². The van der Waals surface area contributed by atoms with Crippen LogP contribution in [-0.4, -0.2) is 25.4 Å². The number of rotatable bonds is 2. The summed E-state index contributed by atoms with van der Waals surface area (Å²) in [4.78, 5) is 0. The van der Waals surface area contributed by atoms with Crippen LogP contribution in [0.25, 0.3) is 0 Å². The minimum atomic E-state index is -4.68. The largest absolute Gasteiger partial charge is 0.419 e. The standard InChI is InChI=1S/C7H11F4N/c8-6(7(9,10)11)3-5-1-2-12-4-5/h5-6,12H,1-4H2. The molecule has 0 saturated carbocycles. The minimum Gasteiger partial charge on any atom is -0.316 e. The zero-order valence-electron chi connectivity index (χ0n) is 6.49. The molecule has 0 aliphatic carbocycles. The lowest BCUT2D eigenvalue weighted by Crippen LogP contribution is -2.27. The highest BCUT2D eigenvalue weighted by atomic mass is 19.4. The molecule has 0 aromatic rings. The Morgan fingerprint density at radius 3 is 2.50 bits per heavy atom. The van der Waals surface area contributed by atoms with Gasteiger partial charge in [0.25, 0.3) is 0 Å². The summed E-state index contributed by atoms with van der Waals surface area (Å²) in [5.41, 5.74) is 0. The highest BCUT2D eigenvalue weighted by Gasteiger charge is 2.41. The first-order valence-corrected chi connectivity index (χ1v) is 3.91. The summed E-state index contributed by atoms with van der Waals surface area (Å²) < 4.78 is 47.5. The van der Waals surface area contributed by atoms with Gasteiger partial charge in [-0.15, -0.1) is 0 Å². The predicted molar refractivity (Wildman–Crippen MR) is 36.5 cm³/mol. The quantitative estimate of drug-likeness (QED) is 0.648. The second-order valence-electron chi connectivity index (χ2n) is 3.10. The summed E-state index contributed by atoms with van der Waals surface area (Å²) in [6.45, 7) is 1.21. The van der Waals surface area contributed by atoms with E-state index in [1.165, 1.54) is 0 Å². The maximum atomic E-state index is 12.4. The van der Waals surface area contributed by atoms with Gasteiger partial charge in [-0.1, -0.05) is 0 Å². The van der Waals surface area contributed by atoms with E-state index in [0.29, 0.717) is 19.5 Å². The molecule has 0 radical (unpaired) electrons. The van der Waals surface area contributed by atoms with Gasteiger partial charge in [0.2, 0.25) is 0 Å². The zero-order chi connectivity index (χ0) is 9.19. The van der Waals surface area contributed by atoms with Gasteiger partial charge in [0.05, 0.1) is 0 Å². The van der Waals surface area contributed by atoms with E-state index < -0.39 is 18.8 Å². The lowest BCUT2D eigenvalue weighted by molar-refractivity contribution is -0.184. The van der Waals surface area contributed by atoms with E-state index in [9.17, 15) is 17.6 Å². The highest BCUT2D eigenvalue weighted by molar-refractivity contribution is 4.77. The Morgan fingerprint density at radius 2 is 2.08 bits per heavy atom. The predicted octanol–water partition coefficient (Wildman–Crippen LogP) is 1.89. The van der Waals surface area contributed by atoms with Crippen molar-refractivity contribution in [2.24, 2.45) is 5.92 Å². The van der Waals surface area contributed by atoms with Gasteiger partial charge in [-0.3, -0.25) is 0 Å². The van der Waals surface area contributed by atoms with Gasteiger partial charge < -0.3 is 5.32 Å². The average Bonchev–Trinajstić information content (AvgIpc) is 2.37. The maximum absolute atomic E-state index is 12.4. The summed E-state index contributed by atoms with van der Waals surface area (Å²) >= 11 is 0. The Labute approximate surface area is 68.1 Å². The van der Waals surface area contributed by atoms with Crippen LogP contribution in [-0.2, 0) is 0 Å². The second kappa shape index (κ2) is 3.60. The number of nitrogens with one attached hydrogen (secondary N) is 1. The minimum absolute atomic E-state index is 0.151. The van der Waals surface area contributed by atoms with Crippen LogP contribution in [0, 0.1) is 5.92 Å². The van der Waals surface area contributed by atoms with Crippen LogP contribution in [0.4, 0.5) is 17.6 Å². The molecule has 1 aliphatic rings. The summed E-state index contributed by atoms with van der Waals surface area (Å²) in [6.07, 6.45) is -7.07. The molecule has 2 unspecified atom stereocenters. The van der Waals surface area contributed by atoms with E-state index in [2.05, 4.69) is 5.32 Å². The molecule has 0 aromatic carbocycles. The molecule has 5 heteroatoms. The summed E-state index contributed by atoms with van der Waals surface area (Å²) in [7, 11) is 0. The Morgan fingerprint density at radius 1 is 1.42 bits per heavy atom. The molecule has 1 nitrogen and oxygen atoms in total. The van der Waals surface area contributed by atoms with Crippen LogP contribution < -0.4 is 5.32 Å². The van der Waals surface area contributed by atoms with Gasteiger partial charge in [0.15, 0.2) is 6.17 Å². The fourth-order valence-corrected chi connectivity index (χ4v) is 1.34. The number of alkyl halides is 4. The molecule has 1 fully saturated rings. The third-order valence-corrected chi connectivity index (χ3v) is 2.06. The van der Waals surface area contributed by atoms with Crippen molar-refractivity contribution < 1.29 is 17.6 Å². The van der Waals surface area contributed by atoms with Gasteiger partial charge in [0.1, 0.15) is 0 Å². The topological polar surface area (TPSA) is 12.0 Å². The number of hydrogen-bond donors (Lipinski definition) is 1. The fraction of sp³-hybridized carbons (Fsp3) is 1.00. The van der Waals surface area contributed by atoms with E-state index in [0.717, 1.165) is 0 Å². The molecule has 2 atom stereocenters. The van der Waals surface area contributed by atoms with E-state index in [4.69, 9.17) is 0 Å². The molecule has 1 rings (SSSR count). The second-order valence-corrected chi connectivity index (χ2v) is 3.10. The SMILES string of the molecule is FC(CC1CCNC1)C(F)(F)F. The molecule has 0 spiro atoms. The molecule has 1 heterocycles. The van der Waals surface area contributed by atoms with Crippen molar-refractivity contribution in [2.75, 3.05) is 13.1 Å². The first-order valence-electron chi connectivity index (χ1n) is 3.91. The van der Waals surface area contributed by atoms with Gasteiger partial charge in [-0.25, -0.2) is 4.39 Å². The van der Waals surface area contributed by atoms with E-state index in [1.54, 1.807) is 0 Å². The van der Waals surface area contributed by atoms with Crippen LogP contribution in [0.1, 0.15) is 12.8 Å². The van der Waals surface area contributed by atoms with Gasteiger partial charge in [0, 0.05) is 0 Å². The Kier molecular flexibility index (Phi) is 2.93. The van der Waals surface area contributed by atoms with Gasteiger partial charge in [-0.05, 0) is 31.8 Å². The van der Waals surface area contributed by atoms with Crippen LogP contribution in [0.2, 0.25) is 0 Å². The molecular weight excluding hydrogens is 174 g/mol. The molecule has 1 N–H and O–H groups in total. The molecular formula is C7H11F4N. The average molecular weight is 185 g/mol. The zero-order valence-corrected chi connectivity index (χ0v) is 6.49. The molecule has 1 saturated heterocycles. The lowest BCUT2D eigenvalue weighted by atomic mass is 10.0. The Balaban J connectivity index is 2.30. The van der Waals surface area contributed by atoms with Crippen molar-refractivity contribution in [3.05, 3.63) is 0 Å². The monoisotopic (exact) mass is 185 g/mol. The van der Waals surface area contributed by atoms with Crippen LogP contribution >= 0.6 is 0 Å². The fourth-order valence-electron chi connectivity index (χ4n) is 1.34. The normalized spacial score (nSPS) is 27.5. The van der Waals surface area contributed by atoms with E-state index in [1.807, 2.05) is 0 Å². The molecule has 1 aliphatic heterocycles. The molecule has 0 aromatic heterocycles. The summed E-state index contributed by atoms with van der Waals surface area (Å²) in [5.74, 6) is -0.151. The smallest absolute Gasteiger partial charge is 0.316 e. The molecule has 0 amide bonds. The van der Waals surface area contributed by atoms with Crippen LogP contribution in [0.5, 0.6) is 0 Å². The van der Waals surface area contributed by atoms with Gasteiger partial charge >= 0.3 is 6.18 Å². The Hall–Kier alpha value is -0.320. The van der Waals surface area contributed by atoms with Crippen LogP contribution in [0.15, 0.2) is 0 Å². The molecule has 72 valence electrons. The van der Waals surface area contributed by atoms with Crippen molar-refractivity contribution in [3.63, 3.8) is 0 Å². The summed E-state index contributed by atoms with van der Waals surface area (Å²) in [6, 6.07) is 0. The molecule has 12 heavy (non-hydrogen) atoms. The highest BCUT2D eigenvalue weighted by Crippen LogP contribution is 2.29. The van der Waals surface area contributed by atoms with E-state index >= 15 is 0 Å². The summed E-state index contributed by atoms with van der Waals surface area (Å²) in [5, 5.41) is 2.90. The van der Waals surface area contributed by atoms with Crippen molar-refractivity contribution >= 4 is 0 Å². The van der Waals surface area contributed by atoms with Crippen molar-refractivity contribution in [1.29, 1.82) is 0 Å². The van der Waals surface area contributed by atoms with Gasteiger partial charge in [-0.2, -0.15) is 13.2 Å². The van der Waals surface area contributed by atoms with Crippen LogP contribution in [0.3, 0.4) is 0 Å². The van der Waals surface area contributed by atoms with Crippen molar-refractivity contribution in [2.45, 2.75) is 25.2 Å².